The monoisotopic (exact) mass is 262 g/mol. The van der Waals surface area contributed by atoms with Gasteiger partial charge in [-0.25, -0.2) is 0 Å². The van der Waals surface area contributed by atoms with Crippen LogP contribution in [0.25, 0.3) is 0 Å². The van der Waals surface area contributed by atoms with Crippen LogP contribution in [-0.4, -0.2) is 31.8 Å². The zero-order chi connectivity index (χ0) is 14.0. The summed E-state index contributed by atoms with van der Waals surface area (Å²) in [6, 6.07) is 6.75. The molecule has 1 fully saturated rings. The molecule has 0 bridgehead atoms. The van der Waals surface area contributed by atoms with Gasteiger partial charge in [-0.2, -0.15) is 0 Å². The molecule has 0 aromatic heterocycles. The highest BCUT2D eigenvalue weighted by Crippen LogP contribution is 2.27. The van der Waals surface area contributed by atoms with Crippen molar-refractivity contribution in [2.45, 2.75) is 45.9 Å². The van der Waals surface area contributed by atoms with E-state index in [1.807, 2.05) is 7.05 Å². The standard InChI is InChI=1S/C16H26N2O/c1-12-8-15(7-6-14(12)9-17-5)18-10-13(2)19-16(3,4)11-18/h6-8,13,17H,9-11H2,1-5H3. The van der Waals surface area contributed by atoms with Gasteiger partial charge < -0.3 is 15.0 Å². The lowest BCUT2D eigenvalue weighted by molar-refractivity contribution is -0.0749. The Kier molecular flexibility index (Phi) is 4.16. The third-order valence-electron chi connectivity index (χ3n) is 3.63. The summed E-state index contributed by atoms with van der Waals surface area (Å²) in [5.41, 5.74) is 3.95. The normalized spacial score (nSPS) is 22.6. The summed E-state index contributed by atoms with van der Waals surface area (Å²) < 4.78 is 5.97. The summed E-state index contributed by atoms with van der Waals surface area (Å²) in [7, 11) is 1.99. The van der Waals surface area contributed by atoms with Gasteiger partial charge in [-0.05, 0) is 58.0 Å². The molecule has 1 unspecified atom stereocenters. The van der Waals surface area contributed by atoms with Crippen LogP contribution in [-0.2, 0) is 11.3 Å². The highest BCUT2D eigenvalue weighted by atomic mass is 16.5. The zero-order valence-electron chi connectivity index (χ0n) is 12.8. The molecule has 1 atom stereocenters. The Bertz CT molecular complexity index is 442. The number of ether oxygens (including phenoxy) is 1. The van der Waals surface area contributed by atoms with E-state index in [9.17, 15) is 0 Å². The molecular formula is C16H26N2O. The van der Waals surface area contributed by atoms with E-state index in [-0.39, 0.29) is 11.7 Å². The number of nitrogens with zero attached hydrogens (tertiary/aromatic N) is 1. The Morgan fingerprint density at radius 3 is 2.74 bits per heavy atom. The molecule has 1 aromatic carbocycles. The lowest BCUT2D eigenvalue weighted by Gasteiger charge is -2.43. The van der Waals surface area contributed by atoms with Gasteiger partial charge >= 0.3 is 0 Å². The van der Waals surface area contributed by atoms with E-state index < -0.39 is 0 Å². The molecule has 1 aliphatic rings. The second-order valence-electron chi connectivity index (χ2n) is 6.21. The van der Waals surface area contributed by atoms with Gasteiger partial charge in [-0.15, -0.1) is 0 Å². The van der Waals surface area contributed by atoms with Crippen LogP contribution in [0.15, 0.2) is 18.2 Å². The lowest BCUT2D eigenvalue weighted by Crippen LogP contribution is -2.52. The predicted molar refractivity (Wildman–Crippen MR) is 80.8 cm³/mol. The number of hydrogen-bond donors (Lipinski definition) is 1. The van der Waals surface area contributed by atoms with Crippen molar-refractivity contribution >= 4 is 5.69 Å². The fourth-order valence-corrected chi connectivity index (χ4v) is 2.92. The number of hydrogen-bond acceptors (Lipinski definition) is 3. The Morgan fingerprint density at radius 1 is 1.42 bits per heavy atom. The second-order valence-corrected chi connectivity index (χ2v) is 6.21. The summed E-state index contributed by atoms with van der Waals surface area (Å²) in [5.74, 6) is 0. The van der Waals surface area contributed by atoms with Gasteiger partial charge in [0.2, 0.25) is 0 Å². The van der Waals surface area contributed by atoms with Crippen LogP contribution in [0.2, 0.25) is 0 Å². The van der Waals surface area contributed by atoms with Gasteiger partial charge in [-0.1, -0.05) is 6.07 Å². The van der Waals surface area contributed by atoms with Crippen LogP contribution < -0.4 is 10.2 Å². The highest BCUT2D eigenvalue weighted by Gasteiger charge is 2.31. The van der Waals surface area contributed by atoms with Crippen molar-refractivity contribution in [2.24, 2.45) is 0 Å². The smallest absolute Gasteiger partial charge is 0.0805 e. The largest absolute Gasteiger partial charge is 0.369 e. The topological polar surface area (TPSA) is 24.5 Å². The number of rotatable bonds is 3. The summed E-state index contributed by atoms with van der Waals surface area (Å²) >= 11 is 0. The predicted octanol–water partition coefficient (Wildman–Crippen LogP) is 2.72. The third-order valence-corrected chi connectivity index (χ3v) is 3.63. The van der Waals surface area contributed by atoms with Gasteiger partial charge in [0.05, 0.1) is 11.7 Å². The van der Waals surface area contributed by atoms with Gasteiger partial charge in [0, 0.05) is 25.3 Å². The quantitative estimate of drug-likeness (QED) is 0.906. The first-order valence-electron chi connectivity index (χ1n) is 7.08. The Hall–Kier alpha value is -1.06. The van der Waals surface area contributed by atoms with E-state index >= 15 is 0 Å². The van der Waals surface area contributed by atoms with Gasteiger partial charge in [0.15, 0.2) is 0 Å². The van der Waals surface area contributed by atoms with Crippen molar-refractivity contribution in [2.75, 3.05) is 25.0 Å². The zero-order valence-corrected chi connectivity index (χ0v) is 12.8. The van der Waals surface area contributed by atoms with Gasteiger partial charge in [0.25, 0.3) is 0 Å². The lowest BCUT2D eigenvalue weighted by atomic mass is 10.0. The Morgan fingerprint density at radius 2 is 2.16 bits per heavy atom. The molecule has 0 saturated carbocycles. The molecule has 1 N–H and O–H groups in total. The minimum atomic E-state index is -0.0742. The van der Waals surface area contributed by atoms with Crippen LogP contribution in [0.4, 0.5) is 5.69 Å². The van der Waals surface area contributed by atoms with E-state index in [0.717, 1.165) is 19.6 Å². The van der Waals surface area contributed by atoms with Crippen molar-refractivity contribution in [3.63, 3.8) is 0 Å². The molecule has 1 saturated heterocycles. The number of benzene rings is 1. The minimum Gasteiger partial charge on any atom is -0.369 e. The van der Waals surface area contributed by atoms with Crippen molar-refractivity contribution in [1.82, 2.24) is 5.32 Å². The van der Waals surface area contributed by atoms with E-state index in [0.29, 0.717) is 0 Å². The SMILES string of the molecule is CNCc1ccc(N2CC(C)OC(C)(C)C2)cc1C. The van der Waals surface area contributed by atoms with Crippen LogP contribution in [0, 0.1) is 6.92 Å². The molecule has 3 heteroatoms. The summed E-state index contributed by atoms with van der Waals surface area (Å²) in [6.45, 7) is 11.5. The van der Waals surface area contributed by atoms with Crippen LogP contribution in [0.1, 0.15) is 31.9 Å². The average molecular weight is 262 g/mol. The van der Waals surface area contributed by atoms with E-state index in [4.69, 9.17) is 4.74 Å². The van der Waals surface area contributed by atoms with E-state index in [2.05, 4.69) is 56.1 Å². The minimum absolute atomic E-state index is 0.0742. The van der Waals surface area contributed by atoms with Crippen molar-refractivity contribution in [1.29, 1.82) is 0 Å². The maximum atomic E-state index is 5.97. The van der Waals surface area contributed by atoms with Gasteiger partial charge in [-0.3, -0.25) is 0 Å². The van der Waals surface area contributed by atoms with Crippen LogP contribution in [0.3, 0.4) is 0 Å². The van der Waals surface area contributed by atoms with Crippen LogP contribution in [0.5, 0.6) is 0 Å². The molecule has 2 rings (SSSR count). The fourth-order valence-electron chi connectivity index (χ4n) is 2.92. The second kappa shape index (κ2) is 5.51. The third kappa shape index (κ3) is 3.48. The number of anilines is 1. The van der Waals surface area contributed by atoms with Gasteiger partial charge in [0.1, 0.15) is 0 Å². The number of morpholine rings is 1. The van der Waals surface area contributed by atoms with Crippen molar-refractivity contribution in [3.8, 4) is 0 Å². The first-order chi connectivity index (χ1) is 8.91. The maximum absolute atomic E-state index is 5.97. The molecule has 1 heterocycles. The molecule has 0 spiro atoms. The Labute approximate surface area is 116 Å². The molecule has 0 radical (unpaired) electrons. The fraction of sp³-hybridized carbons (Fsp3) is 0.625. The molecule has 3 nitrogen and oxygen atoms in total. The van der Waals surface area contributed by atoms with E-state index in [1.165, 1.54) is 16.8 Å². The van der Waals surface area contributed by atoms with Crippen LogP contribution >= 0.6 is 0 Å². The van der Waals surface area contributed by atoms with Crippen molar-refractivity contribution in [3.05, 3.63) is 29.3 Å². The summed E-state index contributed by atoms with van der Waals surface area (Å²) in [5, 5.41) is 3.21. The number of nitrogens with one attached hydrogen (secondary N) is 1. The number of aryl methyl sites for hydroxylation is 1. The molecule has 0 aliphatic carbocycles. The first kappa shape index (κ1) is 14.4. The first-order valence-corrected chi connectivity index (χ1v) is 7.08. The molecular weight excluding hydrogens is 236 g/mol. The average Bonchev–Trinajstić information content (AvgIpc) is 2.29. The molecule has 1 aliphatic heterocycles. The molecule has 106 valence electrons. The molecule has 1 aromatic rings. The molecule has 19 heavy (non-hydrogen) atoms. The maximum Gasteiger partial charge on any atom is 0.0805 e. The van der Waals surface area contributed by atoms with E-state index in [1.54, 1.807) is 0 Å². The highest BCUT2D eigenvalue weighted by molar-refractivity contribution is 5.51. The Balaban J connectivity index is 2.19. The van der Waals surface area contributed by atoms with Crippen molar-refractivity contribution < 1.29 is 4.74 Å². The molecule has 0 amide bonds. The summed E-state index contributed by atoms with van der Waals surface area (Å²) in [6.07, 6.45) is 0.279. The summed E-state index contributed by atoms with van der Waals surface area (Å²) in [4.78, 5) is 2.43.